The number of nitrogens with zero attached hydrogens (tertiary/aromatic N) is 3. The molecule has 1 atom stereocenters. The van der Waals surface area contributed by atoms with E-state index in [-0.39, 0.29) is 0 Å². The van der Waals surface area contributed by atoms with E-state index >= 15 is 0 Å². The molecule has 0 saturated carbocycles. The van der Waals surface area contributed by atoms with Crippen molar-refractivity contribution in [3.63, 3.8) is 0 Å². The van der Waals surface area contributed by atoms with Crippen LogP contribution in [0, 0.1) is 0 Å². The lowest BCUT2D eigenvalue weighted by Gasteiger charge is -2.41. The van der Waals surface area contributed by atoms with Crippen molar-refractivity contribution in [2.45, 2.75) is 17.9 Å². The summed E-state index contributed by atoms with van der Waals surface area (Å²) in [5, 5.41) is 8.87. The minimum absolute atomic E-state index is 0.322. The fraction of sp³-hybridized carbons (Fsp3) is 0.208. The first-order valence-electron chi connectivity index (χ1n) is 10.2. The van der Waals surface area contributed by atoms with E-state index in [2.05, 4.69) is 58.2 Å². The smallest absolute Gasteiger partial charge is 0.175 e. The van der Waals surface area contributed by atoms with Crippen LogP contribution in [0.3, 0.4) is 0 Å². The largest absolute Gasteiger partial charge is 0.368 e. The lowest BCUT2D eigenvalue weighted by Crippen LogP contribution is -2.43. The Balaban J connectivity index is 1.63. The molecule has 1 aliphatic heterocycles. The van der Waals surface area contributed by atoms with E-state index in [0.717, 1.165) is 45.8 Å². The molecule has 158 valence electrons. The topological polar surface area (TPSA) is 69.3 Å². The molecule has 4 aromatic rings. The number of hydrogen-bond acceptors (Lipinski definition) is 5. The molecule has 0 amide bonds. The van der Waals surface area contributed by atoms with Gasteiger partial charge < -0.3 is 9.80 Å². The van der Waals surface area contributed by atoms with E-state index < -0.39 is 9.84 Å². The fourth-order valence-electron chi connectivity index (χ4n) is 4.19. The van der Waals surface area contributed by atoms with Crippen molar-refractivity contribution in [2.75, 3.05) is 29.6 Å². The second kappa shape index (κ2) is 7.13. The normalized spacial score (nSPS) is 16.5. The second-order valence-electron chi connectivity index (χ2n) is 8.16. The number of nitrogens with one attached hydrogen (secondary N) is 1. The number of anilines is 3. The van der Waals surface area contributed by atoms with E-state index in [1.54, 1.807) is 12.1 Å². The number of sulfone groups is 1. The van der Waals surface area contributed by atoms with Crippen molar-refractivity contribution in [3.05, 3.63) is 66.7 Å². The highest BCUT2D eigenvalue weighted by atomic mass is 32.2. The molecular formula is C24H24N4O2S. The number of likely N-dealkylation sites (N-methyl/N-ethyl adjacent to an activating group) is 1. The number of fused-ring (bicyclic) bond motifs is 2. The van der Waals surface area contributed by atoms with Crippen molar-refractivity contribution in [1.29, 1.82) is 0 Å². The molecule has 0 saturated heterocycles. The van der Waals surface area contributed by atoms with E-state index in [1.807, 2.05) is 30.3 Å². The summed E-state index contributed by atoms with van der Waals surface area (Å²) in [6.07, 6.45) is 1.23. The van der Waals surface area contributed by atoms with E-state index in [1.165, 1.54) is 6.26 Å². The van der Waals surface area contributed by atoms with Crippen LogP contribution in [-0.4, -0.2) is 44.5 Å². The standard InChI is InChI=1S/C24H24N4O2S/c1-16-15-28(24-20-6-4-5-7-21(20)25-26-24)23-14-18(10-13-22(23)27(16)2)17-8-11-19(12-9-17)31(3,29)30/h4-14,16H,15H2,1-3H3,(H,25,26). The Morgan fingerprint density at radius 2 is 1.68 bits per heavy atom. The maximum Gasteiger partial charge on any atom is 0.175 e. The number of aromatic amines is 1. The third-order valence-corrected chi connectivity index (χ3v) is 7.20. The molecule has 1 aromatic heterocycles. The van der Waals surface area contributed by atoms with Crippen LogP contribution in [-0.2, 0) is 9.84 Å². The van der Waals surface area contributed by atoms with Crippen LogP contribution in [0.2, 0.25) is 0 Å². The van der Waals surface area contributed by atoms with Gasteiger partial charge in [-0.2, -0.15) is 5.10 Å². The van der Waals surface area contributed by atoms with Gasteiger partial charge in [0.1, 0.15) is 0 Å². The zero-order valence-corrected chi connectivity index (χ0v) is 18.5. The molecule has 1 N–H and O–H groups in total. The highest BCUT2D eigenvalue weighted by Crippen LogP contribution is 2.42. The zero-order valence-electron chi connectivity index (χ0n) is 17.7. The van der Waals surface area contributed by atoms with Crippen molar-refractivity contribution < 1.29 is 8.42 Å². The molecule has 6 nitrogen and oxygen atoms in total. The summed E-state index contributed by atoms with van der Waals surface area (Å²) >= 11 is 0. The molecule has 1 aliphatic rings. The minimum atomic E-state index is -3.22. The fourth-order valence-corrected chi connectivity index (χ4v) is 4.82. The molecule has 31 heavy (non-hydrogen) atoms. The summed E-state index contributed by atoms with van der Waals surface area (Å²) in [7, 11) is -1.10. The zero-order chi connectivity index (χ0) is 21.8. The van der Waals surface area contributed by atoms with Crippen LogP contribution in [0.5, 0.6) is 0 Å². The maximum atomic E-state index is 11.8. The number of benzene rings is 3. The summed E-state index contributed by atoms with van der Waals surface area (Å²) in [6, 6.07) is 21.9. The molecule has 2 heterocycles. The molecule has 0 bridgehead atoms. The Hall–Kier alpha value is -3.32. The van der Waals surface area contributed by atoms with Crippen molar-refractivity contribution in [2.24, 2.45) is 0 Å². The first kappa shape index (κ1) is 19.6. The molecule has 0 fully saturated rings. The monoisotopic (exact) mass is 432 g/mol. The predicted octanol–water partition coefficient (Wildman–Crippen LogP) is 4.61. The lowest BCUT2D eigenvalue weighted by molar-refractivity contribution is 0.602. The average Bonchev–Trinajstić information content (AvgIpc) is 3.19. The average molecular weight is 433 g/mol. The molecule has 7 heteroatoms. The Bertz CT molecular complexity index is 1380. The molecule has 3 aromatic carbocycles. The van der Waals surface area contributed by atoms with Gasteiger partial charge in [-0.05, 0) is 54.4 Å². The van der Waals surface area contributed by atoms with Gasteiger partial charge in [-0.3, -0.25) is 5.10 Å². The van der Waals surface area contributed by atoms with Gasteiger partial charge in [0.15, 0.2) is 15.7 Å². The first-order valence-corrected chi connectivity index (χ1v) is 12.1. The highest BCUT2D eigenvalue weighted by molar-refractivity contribution is 7.90. The SMILES string of the molecule is CC1CN(c2n[nH]c3ccccc23)c2cc(-c3ccc(S(C)(=O)=O)cc3)ccc2N1C. The Morgan fingerprint density at radius 1 is 0.968 bits per heavy atom. The predicted molar refractivity (Wildman–Crippen MR) is 126 cm³/mol. The third kappa shape index (κ3) is 3.35. The van der Waals surface area contributed by atoms with E-state index in [9.17, 15) is 8.42 Å². The van der Waals surface area contributed by atoms with Gasteiger partial charge in [0.05, 0.1) is 21.8 Å². The summed E-state index contributed by atoms with van der Waals surface area (Å²) < 4.78 is 23.6. The van der Waals surface area contributed by atoms with Crippen molar-refractivity contribution in [1.82, 2.24) is 10.2 Å². The van der Waals surface area contributed by atoms with Gasteiger partial charge in [0.2, 0.25) is 0 Å². The highest BCUT2D eigenvalue weighted by Gasteiger charge is 2.29. The Labute approximate surface area is 182 Å². The minimum Gasteiger partial charge on any atom is -0.368 e. The van der Waals surface area contributed by atoms with Gasteiger partial charge in [0.25, 0.3) is 0 Å². The molecule has 5 rings (SSSR count). The van der Waals surface area contributed by atoms with E-state index in [4.69, 9.17) is 0 Å². The van der Waals surface area contributed by atoms with Gasteiger partial charge >= 0.3 is 0 Å². The molecular weight excluding hydrogens is 408 g/mol. The second-order valence-corrected chi connectivity index (χ2v) is 10.2. The summed E-state index contributed by atoms with van der Waals surface area (Å²) in [5.41, 5.74) is 5.25. The number of H-pyrrole nitrogens is 1. The molecule has 0 radical (unpaired) electrons. The third-order valence-electron chi connectivity index (χ3n) is 6.08. The molecule has 0 spiro atoms. The van der Waals surface area contributed by atoms with E-state index in [0.29, 0.717) is 10.9 Å². The number of aromatic nitrogens is 2. The Morgan fingerprint density at radius 3 is 2.42 bits per heavy atom. The number of para-hydroxylation sites is 1. The van der Waals surface area contributed by atoms with Gasteiger partial charge in [0, 0.05) is 31.3 Å². The van der Waals surface area contributed by atoms with Crippen LogP contribution >= 0.6 is 0 Å². The van der Waals surface area contributed by atoms with Gasteiger partial charge in [-0.15, -0.1) is 0 Å². The molecule has 0 aliphatic carbocycles. The van der Waals surface area contributed by atoms with Crippen LogP contribution < -0.4 is 9.80 Å². The number of rotatable bonds is 3. The lowest BCUT2D eigenvalue weighted by atomic mass is 10.0. The van der Waals surface area contributed by atoms with Crippen molar-refractivity contribution in [3.8, 4) is 11.1 Å². The van der Waals surface area contributed by atoms with Crippen LogP contribution in [0.4, 0.5) is 17.2 Å². The summed E-state index contributed by atoms with van der Waals surface area (Å²) in [6.45, 7) is 3.03. The van der Waals surface area contributed by atoms with Crippen LogP contribution in [0.25, 0.3) is 22.0 Å². The quantitative estimate of drug-likeness (QED) is 0.512. The van der Waals surface area contributed by atoms with Gasteiger partial charge in [-0.25, -0.2) is 8.42 Å². The van der Waals surface area contributed by atoms with Crippen LogP contribution in [0.1, 0.15) is 6.92 Å². The van der Waals surface area contributed by atoms with Gasteiger partial charge in [-0.1, -0.05) is 30.3 Å². The number of hydrogen-bond donors (Lipinski definition) is 1. The summed E-state index contributed by atoms with van der Waals surface area (Å²) in [5.74, 6) is 0.918. The van der Waals surface area contributed by atoms with Crippen LogP contribution in [0.15, 0.2) is 71.6 Å². The Kier molecular flexibility index (Phi) is 4.51. The van der Waals surface area contributed by atoms with Crippen molar-refractivity contribution >= 4 is 37.9 Å². The summed E-state index contributed by atoms with van der Waals surface area (Å²) in [4.78, 5) is 4.89. The maximum absolute atomic E-state index is 11.8. The molecule has 1 unspecified atom stereocenters. The first-order chi connectivity index (χ1) is 14.8.